The predicted octanol–water partition coefficient (Wildman–Crippen LogP) is 4.69. The zero-order chi connectivity index (χ0) is 20.2. The number of anilines is 1. The highest BCUT2D eigenvalue weighted by molar-refractivity contribution is 7.98. The number of hydrogen-bond acceptors (Lipinski definition) is 7. The number of thiazole rings is 1. The minimum atomic E-state index is -0.133. The normalized spacial score (nSPS) is 10.8. The van der Waals surface area contributed by atoms with Crippen LogP contribution >= 0.6 is 34.7 Å². The van der Waals surface area contributed by atoms with E-state index >= 15 is 0 Å². The molecule has 0 saturated heterocycles. The summed E-state index contributed by atoms with van der Waals surface area (Å²) in [6, 6.07) is 15.0. The summed E-state index contributed by atoms with van der Waals surface area (Å²) in [7, 11) is 0. The molecule has 146 valence electrons. The molecule has 1 N–H and O–H groups in total. The summed E-state index contributed by atoms with van der Waals surface area (Å²) < 4.78 is 1.64. The molecule has 4 aromatic rings. The maximum absolute atomic E-state index is 11.3. The van der Waals surface area contributed by atoms with Gasteiger partial charge >= 0.3 is 0 Å². The standard InChI is InChI=1S/C19H15ClN6OS2/c1-12(27)21-13-5-4-6-15(9-13)26-19(23-24-25-26)29-11-14-10-28-18(22-14)16-7-2-3-8-17(16)20/h2-10H,11H2,1H3,(H,21,27). The van der Waals surface area contributed by atoms with Crippen LogP contribution in [0, 0.1) is 0 Å². The van der Waals surface area contributed by atoms with E-state index in [2.05, 4.69) is 25.8 Å². The van der Waals surface area contributed by atoms with Crippen LogP contribution in [0.4, 0.5) is 5.69 Å². The van der Waals surface area contributed by atoms with E-state index < -0.39 is 0 Å². The number of nitrogens with one attached hydrogen (secondary N) is 1. The van der Waals surface area contributed by atoms with Gasteiger partial charge in [-0.15, -0.1) is 16.4 Å². The maximum atomic E-state index is 11.3. The number of halogens is 1. The lowest BCUT2D eigenvalue weighted by atomic mass is 10.2. The van der Waals surface area contributed by atoms with Gasteiger partial charge in [0.05, 0.1) is 16.4 Å². The summed E-state index contributed by atoms with van der Waals surface area (Å²) in [4.78, 5) is 16.0. The van der Waals surface area contributed by atoms with Crippen molar-refractivity contribution in [3.8, 4) is 16.3 Å². The van der Waals surface area contributed by atoms with Crippen molar-refractivity contribution in [3.05, 3.63) is 64.6 Å². The molecule has 0 atom stereocenters. The van der Waals surface area contributed by atoms with E-state index in [0.29, 0.717) is 21.6 Å². The highest BCUT2D eigenvalue weighted by Crippen LogP contribution is 2.32. The number of carbonyl (C=O) groups is 1. The Hall–Kier alpha value is -2.75. The van der Waals surface area contributed by atoms with Gasteiger partial charge in [0, 0.05) is 29.3 Å². The maximum Gasteiger partial charge on any atom is 0.221 e. The summed E-state index contributed by atoms with van der Waals surface area (Å²) >= 11 is 9.30. The molecule has 10 heteroatoms. The smallest absolute Gasteiger partial charge is 0.221 e. The lowest BCUT2D eigenvalue weighted by Gasteiger charge is -2.06. The molecule has 4 rings (SSSR count). The van der Waals surface area contributed by atoms with E-state index in [9.17, 15) is 4.79 Å². The lowest BCUT2D eigenvalue weighted by molar-refractivity contribution is -0.114. The molecule has 0 bridgehead atoms. The van der Waals surface area contributed by atoms with Crippen LogP contribution in [0.2, 0.25) is 5.02 Å². The third kappa shape index (κ3) is 4.64. The van der Waals surface area contributed by atoms with Crippen molar-refractivity contribution in [1.29, 1.82) is 0 Å². The van der Waals surface area contributed by atoms with Crippen molar-refractivity contribution >= 4 is 46.3 Å². The zero-order valence-electron chi connectivity index (χ0n) is 15.2. The number of benzene rings is 2. The van der Waals surface area contributed by atoms with Crippen molar-refractivity contribution in [2.45, 2.75) is 17.8 Å². The summed E-state index contributed by atoms with van der Waals surface area (Å²) in [5.41, 5.74) is 3.30. The van der Waals surface area contributed by atoms with Crippen LogP contribution in [0.3, 0.4) is 0 Å². The SMILES string of the molecule is CC(=O)Nc1cccc(-n2nnnc2SCc2csc(-c3ccccc3Cl)n2)c1. The van der Waals surface area contributed by atoms with Gasteiger partial charge in [0.2, 0.25) is 11.1 Å². The molecule has 0 radical (unpaired) electrons. The molecule has 2 heterocycles. The molecule has 29 heavy (non-hydrogen) atoms. The highest BCUT2D eigenvalue weighted by atomic mass is 35.5. The Kier molecular flexibility index (Phi) is 5.89. The summed E-state index contributed by atoms with van der Waals surface area (Å²) in [6.07, 6.45) is 0. The first kappa shape index (κ1) is 19.6. The lowest BCUT2D eigenvalue weighted by Crippen LogP contribution is -2.07. The number of nitrogens with zero attached hydrogens (tertiary/aromatic N) is 5. The fourth-order valence-electron chi connectivity index (χ4n) is 2.62. The van der Waals surface area contributed by atoms with Crippen LogP contribution < -0.4 is 5.32 Å². The molecule has 7 nitrogen and oxygen atoms in total. The first-order valence-corrected chi connectivity index (χ1v) is 10.8. The topological polar surface area (TPSA) is 85.6 Å². The van der Waals surface area contributed by atoms with Crippen LogP contribution in [0.25, 0.3) is 16.3 Å². The number of tetrazole rings is 1. The van der Waals surface area contributed by atoms with Crippen molar-refractivity contribution in [1.82, 2.24) is 25.2 Å². The Balaban J connectivity index is 1.50. The van der Waals surface area contributed by atoms with Gasteiger partial charge in [-0.25, -0.2) is 4.98 Å². The monoisotopic (exact) mass is 442 g/mol. The number of rotatable bonds is 6. The Morgan fingerprint density at radius 3 is 2.93 bits per heavy atom. The summed E-state index contributed by atoms with van der Waals surface area (Å²) in [5.74, 6) is 0.485. The van der Waals surface area contributed by atoms with Crippen LogP contribution in [-0.2, 0) is 10.5 Å². The Labute approximate surface area is 180 Å². The van der Waals surface area contributed by atoms with Gasteiger partial charge in [-0.1, -0.05) is 47.6 Å². The van der Waals surface area contributed by atoms with Crippen molar-refractivity contribution in [2.75, 3.05) is 5.32 Å². The molecule has 0 unspecified atom stereocenters. The van der Waals surface area contributed by atoms with Crippen molar-refractivity contribution < 1.29 is 4.79 Å². The first-order chi connectivity index (χ1) is 14.1. The number of amides is 1. The van der Waals surface area contributed by atoms with Gasteiger partial charge in [-0.2, -0.15) is 4.68 Å². The Bertz CT molecular complexity index is 1160. The fraction of sp³-hybridized carbons (Fsp3) is 0.105. The van der Waals surface area contributed by atoms with Gasteiger partial charge in [0.25, 0.3) is 0 Å². The molecular weight excluding hydrogens is 428 g/mol. The predicted molar refractivity (Wildman–Crippen MR) is 116 cm³/mol. The van der Waals surface area contributed by atoms with E-state index in [1.807, 2.05) is 53.9 Å². The highest BCUT2D eigenvalue weighted by Gasteiger charge is 2.13. The second-order valence-corrected chi connectivity index (χ2v) is 8.23. The molecule has 0 fully saturated rings. The van der Waals surface area contributed by atoms with Crippen LogP contribution in [0.15, 0.2) is 59.1 Å². The van der Waals surface area contributed by atoms with Gasteiger partial charge in [0.1, 0.15) is 5.01 Å². The second-order valence-electron chi connectivity index (χ2n) is 6.02. The van der Waals surface area contributed by atoms with Gasteiger partial charge in [-0.05, 0) is 34.7 Å². The Morgan fingerprint density at radius 1 is 1.24 bits per heavy atom. The third-order valence-electron chi connectivity index (χ3n) is 3.86. The zero-order valence-corrected chi connectivity index (χ0v) is 17.6. The van der Waals surface area contributed by atoms with Crippen LogP contribution in [-0.4, -0.2) is 31.1 Å². The molecule has 0 aliphatic heterocycles. The van der Waals surface area contributed by atoms with Gasteiger partial charge in [-0.3, -0.25) is 4.79 Å². The number of hydrogen-bond donors (Lipinski definition) is 1. The third-order valence-corrected chi connectivity index (χ3v) is 6.06. The molecule has 0 spiro atoms. The Morgan fingerprint density at radius 2 is 2.10 bits per heavy atom. The van der Waals surface area contributed by atoms with Crippen LogP contribution in [0.5, 0.6) is 0 Å². The minimum Gasteiger partial charge on any atom is -0.326 e. The molecular formula is C19H15ClN6OS2. The van der Waals surface area contributed by atoms with E-state index in [4.69, 9.17) is 11.6 Å². The summed E-state index contributed by atoms with van der Waals surface area (Å²) in [5, 5.41) is 18.9. The van der Waals surface area contributed by atoms with E-state index in [0.717, 1.165) is 22.0 Å². The molecule has 2 aromatic carbocycles. The quantitative estimate of drug-likeness (QED) is 0.436. The molecule has 0 aliphatic carbocycles. The van der Waals surface area contributed by atoms with Gasteiger partial charge in [0.15, 0.2) is 0 Å². The van der Waals surface area contributed by atoms with Crippen LogP contribution in [0.1, 0.15) is 12.6 Å². The number of aromatic nitrogens is 5. The number of carbonyl (C=O) groups excluding carboxylic acids is 1. The molecule has 0 saturated carbocycles. The van der Waals surface area contributed by atoms with E-state index in [1.165, 1.54) is 18.7 Å². The average Bonchev–Trinajstić information content (AvgIpc) is 3.36. The number of thioether (sulfide) groups is 1. The fourth-order valence-corrected chi connectivity index (χ4v) is 4.65. The van der Waals surface area contributed by atoms with E-state index in [1.54, 1.807) is 16.0 Å². The van der Waals surface area contributed by atoms with E-state index in [-0.39, 0.29) is 5.91 Å². The first-order valence-electron chi connectivity index (χ1n) is 8.58. The largest absolute Gasteiger partial charge is 0.326 e. The van der Waals surface area contributed by atoms with Crippen molar-refractivity contribution in [3.63, 3.8) is 0 Å². The second kappa shape index (κ2) is 8.73. The summed E-state index contributed by atoms with van der Waals surface area (Å²) in [6.45, 7) is 1.47. The molecule has 2 aromatic heterocycles. The van der Waals surface area contributed by atoms with Gasteiger partial charge < -0.3 is 5.32 Å². The molecule has 1 amide bonds. The minimum absolute atomic E-state index is 0.133. The molecule has 0 aliphatic rings. The average molecular weight is 443 g/mol. The van der Waals surface area contributed by atoms with Crippen molar-refractivity contribution in [2.24, 2.45) is 0 Å².